The van der Waals surface area contributed by atoms with Crippen molar-refractivity contribution in [3.05, 3.63) is 54.6 Å². The summed E-state index contributed by atoms with van der Waals surface area (Å²) in [4.78, 5) is 1.91. The van der Waals surface area contributed by atoms with E-state index < -0.39 is 17.2 Å². The van der Waals surface area contributed by atoms with Crippen molar-refractivity contribution in [2.75, 3.05) is 29.9 Å². The van der Waals surface area contributed by atoms with Gasteiger partial charge in [-0.05, 0) is 23.3 Å². The second-order valence-electron chi connectivity index (χ2n) is 5.35. The quantitative estimate of drug-likeness (QED) is 0.848. The molecular formula is C17H20N2O2S. The average Bonchev–Trinajstić information content (AvgIpc) is 2.57. The van der Waals surface area contributed by atoms with Gasteiger partial charge in [0.15, 0.2) is 6.35 Å². The van der Waals surface area contributed by atoms with Crippen LogP contribution >= 0.6 is 0 Å². The molecule has 1 aliphatic heterocycles. The monoisotopic (exact) mass is 316 g/mol. The molecule has 1 heterocycles. The summed E-state index contributed by atoms with van der Waals surface area (Å²) in [5.41, 5.74) is 3.20. The van der Waals surface area contributed by atoms with Gasteiger partial charge in [-0.25, -0.2) is 0 Å². The van der Waals surface area contributed by atoms with E-state index in [9.17, 15) is 9.32 Å². The molecule has 1 fully saturated rings. The van der Waals surface area contributed by atoms with Crippen LogP contribution in [0.15, 0.2) is 54.6 Å². The van der Waals surface area contributed by atoms with E-state index in [0.29, 0.717) is 24.6 Å². The smallest absolute Gasteiger partial charge is 0.184 e. The van der Waals surface area contributed by atoms with Crippen LogP contribution in [0.4, 0.5) is 5.69 Å². The minimum atomic E-state index is -0.736. The van der Waals surface area contributed by atoms with Crippen LogP contribution in [0.25, 0.3) is 11.1 Å². The molecule has 1 atom stereocenters. The molecule has 1 saturated heterocycles. The second-order valence-corrected chi connectivity index (χ2v) is 7.04. The lowest BCUT2D eigenvalue weighted by Crippen LogP contribution is -2.47. The van der Waals surface area contributed by atoms with Gasteiger partial charge in [0, 0.05) is 41.1 Å². The topological polar surface area (TPSA) is 52.6 Å². The van der Waals surface area contributed by atoms with Gasteiger partial charge in [-0.1, -0.05) is 42.5 Å². The Morgan fingerprint density at radius 1 is 0.955 bits per heavy atom. The van der Waals surface area contributed by atoms with E-state index in [0.717, 1.165) is 11.3 Å². The molecule has 0 saturated carbocycles. The molecule has 0 radical (unpaired) electrons. The summed E-state index contributed by atoms with van der Waals surface area (Å²) in [6.07, 6.45) is -0.736. The third kappa shape index (κ3) is 3.74. The number of hydrogen-bond acceptors (Lipinski definition) is 4. The highest BCUT2D eigenvalue weighted by atomic mass is 32.2. The number of hydrogen-bond donors (Lipinski definition) is 2. The van der Waals surface area contributed by atoms with Crippen molar-refractivity contribution >= 4 is 16.5 Å². The zero-order valence-electron chi connectivity index (χ0n) is 12.3. The van der Waals surface area contributed by atoms with Gasteiger partial charge in [-0.15, -0.1) is 0 Å². The fourth-order valence-electron chi connectivity index (χ4n) is 2.53. The van der Waals surface area contributed by atoms with Crippen molar-refractivity contribution < 1.29 is 9.32 Å². The van der Waals surface area contributed by atoms with Crippen LogP contribution < -0.4 is 5.32 Å². The number of anilines is 1. The molecule has 2 N–H and O–H groups in total. The van der Waals surface area contributed by atoms with Gasteiger partial charge >= 0.3 is 0 Å². The van der Waals surface area contributed by atoms with Crippen molar-refractivity contribution in [2.45, 2.75) is 6.35 Å². The molecule has 1 aliphatic rings. The Morgan fingerprint density at radius 2 is 1.55 bits per heavy atom. The molecule has 116 valence electrons. The summed E-state index contributed by atoms with van der Waals surface area (Å²) in [5, 5.41) is 13.3. The Morgan fingerprint density at radius 3 is 2.18 bits per heavy atom. The number of nitrogens with zero attached hydrogens (tertiary/aromatic N) is 1. The standard InChI is InChI=1S/C17H20N2O2S/c20-17(19-10-12-22(21)13-11-19)18-16-8-6-15(7-9-16)14-4-2-1-3-5-14/h1-9,17-18,20H,10-13H2. The largest absolute Gasteiger partial charge is 0.361 e. The van der Waals surface area contributed by atoms with Crippen LogP contribution in [0.1, 0.15) is 0 Å². The summed E-state index contributed by atoms with van der Waals surface area (Å²) in [5.74, 6) is 1.26. The molecule has 0 spiro atoms. The highest BCUT2D eigenvalue weighted by Gasteiger charge is 2.21. The molecule has 5 heteroatoms. The maximum Gasteiger partial charge on any atom is 0.184 e. The minimum Gasteiger partial charge on any atom is -0.361 e. The van der Waals surface area contributed by atoms with Gasteiger partial charge in [-0.2, -0.15) is 0 Å². The molecule has 0 aromatic heterocycles. The first kappa shape index (κ1) is 15.2. The van der Waals surface area contributed by atoms with E-state index in [1.54, 1.807) is 0 Å². The third-order valence-electron chi connectivity index (χ3n) is 3.85. The predicted molar refractivity (Wildman–Crippen MR) is 91.0 cm³/mol. The van der Waals surface area contributed by atoms with Crippen LogP contribution in [-0.4, -0.2) is 45.2 Å². The molecule has 0 aliphatic carbocycles. The average molecular weight is 316 g/mol. The summed E-state index contributed by atoms with van der Waals surface area (Å²) in [6.45, 7) is 1.31. The molecule has 0 amide bonds. The van der Waals surface area contributed by atoms with Gasteiger partial charge in [0.2, 0.25) is 0 Å². The number of aliphatic hydroxyl groups is 1. The van der Waals surface area contributed by atoms with Gasteiger partial charge < -0.3 is 10.4 Å². The first-order chi connectivity index (χ1) is 10.7. The molecule has 3 rings (SSSR count). The Kier molecular flexibility index (Phi) is 4.87. The Balaban J connectivity index is 1.62. The van der Waals surface area contributed by atoms with E-state index in [-0.39, 0.29) is 0 Å². The van der Waals surface area contributed by atoms with Gasteiger partial charge in [0.1, 0.15) is 0 Å². The van der Waals surface area contributed by atoms with Crippen LogP contribution in [0, 0.1) is 0 Å². The van der Waals surface area contributed by atoms with Crippen molar-refractivity contribution in [3.8, 4) is 11.1 Å². The van der Waals surface area contributed by atoms with E-state index >= 15 is 0 Å². The number of nitrogens with one attached hydrogen (secondary N) is 1. The van der Waals surface area contributed by atoms with E-state index in [2.05, 4.69) is 17.4 Å². The fourth-order valence-corrected chi connectivity index (χ4v) is 3.61. The molecule has 0 bridgehead atoms. The SMILES string of the molecule is O=S1CCN(C(O)Nc2ccc(-c3ccccc3)cc2)CC1. The first-order valence-corrected chi connectivity index (χ1v) is 8.90. The second kappa shape index (κ2) is 7.05. The highest BCUT2D eigenvalue weighted by Crippen LogP contribution is 2.21. The summed E-state index contributed by atoms with van der Waals surface area (Å²) in [7, 11) is -0.729. The van der Waals surface area contributed by atoms with Crippen LogP contribution in [0.3, 0.4) is 0 Å². The van der Waals surface area contributed by atoms with E-state index in [4.69, 9.17) is 0 Å². The van der Waals surface area contributed by atoms with Gasteiger partial charge in [0.05, 0.1) is 0 Å². The Bertz CT molecular complexity index is 621. The van der Waals surface area contributed by atoms with Crippen molar-refractivity contribution in [1.82, 2.24) is 4.90 Å². The van der Waals surface area contributed by atoms with Crippen LogP contribution in [0.5, 0.6) is 0 Å². The number of rotatable bonds is 4. The maximum atomic E-state index is 11.3. The lowest BCUT2D eigenvalue weighted by Gasteiger charge is -2.31. The predicted octanol–water partition coefficient (Wildman–Crippen LogP) is 2.11. The molecule has 2 aromatic carbocycles. The van der Waals surface area contributed by atoms with Crippen molar-refractivity contribution in [3.63, 3.8) is 0 Å². The third-order valence-corrected chi connectivity index (χ3v) is 5.12. The zero-order chi connectivity index (χ0) is 15.4. The van der Waals surface area contributed by atoms with Crippen molar-refractivity contribution in [1.29, 1.82) is 0 Å². The van der Waals surface area contributed by atoms with Crippen LogP contribution in [-0.2, 0) is 10.8 Å². The summed E-state index contributed by atoms with van der Waals surface area (Å²) in [6, 6.07) is 18.2. The molecular weight excluding hydrogens is 296 g/mol. The van der Waals surface area contributed by atoms with E-state index in [1.165, 1.54) is 5.56 Å². The lowest BCUT2D eigenvalue weighted by molar-refractivity contribution is 0.0333. The molecule has 4 nitrogen and oxygen atoms in total. The molecule has 1 unspecified atom stereocenters. The highest BCUT2D eigenvalue weighted by molar-refractivity contribution is 7.85. The lowest BCUT2D eigenvalue weighted by atomic mass is 10.1. The van der Waals surface area contributed by atoms with Gasteiger partial charge in [-0.3, -0.25) is 9.11 Å². The Labute approximate surface area is 133 Å². The summed E-state index contributed by atoms with van der Waals surface area (Å²) >= 11 is 0. The number of aliphatic hydroxyl groups excluding tert-OH is 1. The first-order valence-electron chi connectivity index (χ1n) is 7.41. The minimum absolute atomic E-state index is 0.631. The Hall–Kier alpha value is -1.69. The molecule has 2 aromatic rings. The molecule has 22 heavy (non-hydrogen) atoms. The normalized spacial score (nSPS) is 18.0. The van der Waals surface area contributed by atoms with Gasteiger partial charge in [0.25, 0.3) is 0 Å². The number of benzene rings is 2. The zero-order valence-corrected chi connectivity index (χ0v) is 13.1. The van der Waals surface area contributed by atoms with Crippen LogP contribution in [0.2, 0.25) is 0 Å². The van der Waals surface area contributed by atoms with E-state index in [1.807, 2.05) is 47.4 Å². The maximum absolute atomic E-state index is 11.3. The fraction of sp³-hybridized carbons (Fsp3) is 0.294. The summed E-state index contributed by atoms with van der Waals surface area (Å²) < 4.78 is 11.3. The van der Waals surface area contributed by atoms with Crippen molar-refractivity contribution in [2.24, 2.45) is 0 Å².